The maximum absolute atomic E-state index is 12.3. The maximum Gasteiger partial charge on any atom is 0.306 e. The summed E-state index contributed by atoms with van der Waals surface area (Å²) in [5.74, 6) is -1.42. The minimum absolute atomic E-state index is 0.0448. The van der Waals surface area contributed by atoms with E-state index in [1.807, 2.05) is 0 Å². The largest absolute Gasteiger partial charge is 0.466 e. The van der Waals surface area contributed by atoms with Crippen LogP contribution in [0.3, 0.4) is 0 Å². The number of ether oxygens (including phenoxy) is 4. The molecule has 2 saturated heterocycles. The van der Waals surface area contributed by atoms with Crippen LogP contribution in [0.1, 0.15) is 105 Å². The van der Waals surface area contributed by atoms with Gasteiger partial charge in [-0.2, -0.15) is 0 Å². The van der Waals surface area contributed by atoms with E-state index >= 15 is 0 Å². The number of nitrogens with one attached hydrogen (secondary N) is 1. The lowest BCUT2D eigenvalue weighted by Gasteiger charge is -2.26. The van der Waals surface area contributed by atoms with Gasteiger partial charge >= 0.3 is 5.97 Å². The summed E-state index contributed by atoms with van der Waals surface area (Å²) in [6.07, 6.45) is 9.72. The molecule has 0 aromatic heterocycles. The van der Waals surface area contributed by atoms with E-state index < -0.39 is 36.4 Å². The molecule has 0 unspecified atom stereocenters. The number of unbranched alkanes of at least 4 members (excludes halogenated alkanes) is 9. The van der Waals surface area contributed by atoms with Gasteiger partial charge in [-0.15, -0.1) is 0 Å². The van der Waals surface area contributed by atoms with Gasteiger partial charge in [-0.05, 0) is 27.2 Å². The molecular weight excluding hydrogens is 426 g/mol. The van der Waals surface area contributed by atoms with Crippen LogP contribution in [0.2, 0.25) is 0 Å². The highest BCUT2D eigenvalue weighted by Crippen LogP contribution is 2.38. The van der Waals surface area contributed by atoms with Crippen molar-refractivity contribution in [3.63, 3.8) is 0 Å². The Hall–Kier alpha value is -1.22. The molecule has 33 heavy (non-hydrogen) atoms. The summed E-state index contributed by atoms with van der Waals surface area (Å²) in [6, 6.07) is -0.401. The Morgan fingerprint density at radius 1 is 0.939 bits per heavy atom. The number of hydrogen-bond acceptors (Lipinski definition) is 7. The number of carbonyl (C=O) groups excluding carboxylic acids is 2. The van der Waals surface area contributed by atoms with E-state index in [0.29, 0.717) is 6.61 Å². The van der Waals surface area contributed by atoms with E-state index in [9.17, 15) is 14.7 Å². The molecule has 2 rings (SSSR count). The average molecular weight is 472 g/mol. The predicted molar refractivity (Wildman–Crippen MR) is 124 cm³/mol. The monoisotopic (exact) mass is 471 g/mol. The second-order valence-corrected chi connectivity index (χ2v) is 9.81. The standard InChI is InChI=1S/C25H45NO7/c1-5-6-7-8-9-10-11-12-13-14-17-30-20(28)16-15-19(27)26-18(2)21-22-23(24(29)31-21)33-25(3,4)32-22/h18,21-24,29H,5-17H2,1-4H3,(H,26,27)/t18-,21+,22-,23-,24-/m0/s1. The molecule has 0 spiro atoms. The molecule has 5 atom stereocenters. The summed E-state index contributed by atoms with van der Waals surface area (Å²) in [6.45, 7) is 7.99. The summed E-state index contributed by atoms with van der Waals surface area (Å²) in [5, 5.41) is 12.9. The summed E-state index contributed by atoms with van der Waals surface area (Å²) in [4.78, 5) is 24.2. The van der Waals surface area contributed by atoms with Crippen LogP contribution in [-0.2, 0) is 28.5 Å². The first-order valence-electron chi connectivity index (χ1n) is 12.9. The van der Waals surface area contributed by atoms with Crippen LogP contribution in [0, 0.1) is 0 Å². The van der Waals surface area contributed by atoms with E-state index in [1.165, 1.54) is 51.4 Å². The van der Waals surface area contributed by atoms with Crippen LogP contribution < -0.4 is 5.32 Å². The lowest BCUT2D eigenvalue weighted by molar-refractivity contribution is -0.222. The third-order valence-corrected chi connectivity index (χ3v) is 6.26. The summed E-state index contributed by atoms with van der Waals surface area (Å²) < 4.78 is 22.3. The Labute approximate surface area is 199 Å². The number of fused-ring (bicyclic) bond motifs is 1. The molecule has 2 heterocycles. The zero-order valence-electron chi connectivity index (χ0n) is 21.0. The number of rotatable bonds is 16. The second kappa shape index (κ2) is 14.2. The third-order valence-electron chi connectivity index (χ3n) is 6.26. The van der Waals surface area contributed by atoms with Crippen molar-refractivity contribution < 1.29 is 33.6 Å². The Balaban J connectivity index is 1.50. The Bertz CT molecular complexity index is 597. The van der Waals surface area contributed by atoms with Crippen LogP contribution in [0.15, 0.2) is 0 Å². The molecule has 0 bridgehead atoms. The van der Waals surface area contributed by atoms with Gasteiger partial charge < -0.3 is 29.4 Å². The molecule has 8 nitrogen and oxygen atoms in total. The fraction of sp³-hybridized carbons (Fsp3) is 0.920. The van der Waals surface area contributed by atoms with Gasteiger partial charge in [0.1, 0.15) is 18.3 Å². The van der Waals surface area contributed by atoms with E-state index in [0.717, 1.165) is 12.8 Å². The van der Waals surface area contributed by atoms with E-state index in [1.54, 1.807) is 20.8 Å². The number of carbonyl (C=O) groups is 2. The topological polar surface area (TPSA) is 103 Å². The Morgan fingerprint density at radius 3 is 2.15 bits per heavy atom. The minimum atomic E-state index is -1.10. The normalized spacial score (nSPS) is 26.7. The van der Waals surface area contributed by atoms with Crippen molar-refractivity contribution in [2.75, 3.05) is 6.61 Å². The van der Waals surface area contributed by atoms with Crippen molar-refractivity contribution in [3.05, 3.63) is 0 Å². The van der Waals surface area contributed by atoms with Crippen molar-refractivity contribution in [1.29, 1.82) is 0 Å². The molecule has 1 amide bonds. The molecule has 2 aliphatic rings. The molecule has 0 aromatic carbocycles. The number of aliphatic hydroxyl groups is 1. The molecule has 0 aromatic rings. The molecule has 0 saturated carbocycles. The zero-order valence-corrected chi connectivity index (χ0v) is 21.0. The molecule has 2 aliphatic heterocycles. The quantitative estimate of drug-likeness (QED) is 0.259. The predicted octanol–water partition coefficient (Wildman–Crippen LogP) is 3.97. The van der Waals surface area contributed by atoms with Crippen molar-refractivity contribution in [2.24, 2.45) is 0 Å². The third kappa shape index (κ3) is 9.89. The van der Waals surface area contributed by atoms with Crippen LogP contribution in [-0.4, -0.2) is 60.0 Å². The number of aliphatic hydroxyl groups excluding tert-OH is 1. The molecule has 2 N–H and O–H groups in total. The first-order chi connectivity index (χ1) is 15.7. The SMILES string of the molecule is CCCCCCCCCCCCOC(=O)CCC(=O)N[C@@H](C)[C@H]1O[C@H](O)[C@H]2OC(C)(C)O[C@@H]12. The summed E-state index contributed by atoms with van der Waals surface area (Å²) >= 11 is 0. The lowest BCUT2D eigenvalue weighted by Crippen LogP contribution is -2.47. The Kier molecular flexibility index (Phi) is 12.1. The van der Waals surface area contributed by atoms with Gasteiger partial charge in [0.25, 0.3) is 0 Å². The molecular formula is C25H45NO7. The number of hydrogen-bond donors (Lipinski definition) is 2. The van der Waals surface area contributed by atoms with Gasteiger partial charge in [-0.3, -0.25) is 9.59 Å². The van der Waals surface area contributed by atoms with E-state index in [2.05, 4.69) is 12.2 Å². The first-order valence-corrected chi connectivity index (χ1v) is 12.9. The highest BCUT2D eigenvalue weighted by molar-refractivity contribution is 5.81. The molecule has 192 valence electrons. The fourth-order valence-corrected chi connectivity index (χ4v) is 4.48. The van der Waals surface area contributed by atoms with Crippen LogP contribution >= 0.6 is 0 Å². The second-order valence-electron chi connectivity index (χ2n) is 9.81. The summed E-state index contributed by atoms with van der Waals surface area (Å²) in [5.41, 5.74) is 0. The van der Waals surface area contributed by atoms with Gasteiger partial charge in [-0.1, -0.05) is 64.7 Å². The van der Waals surface area contributed by atoms with Crippen molar-refractivity contribution >= 4 is 11.9 Å². The van der Waals surface area contributed by atoms with Gasteiger partial charge in [0, 0.05) is 6.42 Å². The van der Waals surface area contributed by atoms with Crippen molar-refractivity contribution in [3.8, 4) is 0 Å². The van der Waals surface area contributed by atoms with Crippen LogP contribution in [0.4, 0.5) is 0 Å². The number of esters is 1. The maximum atomic E-state index is 12.3. The highest BCUT2D eigenvalue weighted by Gasteiger charge is 2.56. The van der Waals surface area contributed by atoms with Gasteiger partial charge in [0.15, 0.2) is 12.1 Å². The number of amides is 1. The van der Waals surface area contributed by atoms with E-state index in [-0.39, 0.29) is 24.7 Å². The molecule has 0 radical (unpaired) electrons. The van der Waals surface area contributed by atoms with Crippen molar-refractivity contribution in [2.45, 2.75) is 141 Å². The fourth-order valence-electron chi connectivity index (χ4n) is 4.48. The molecule has 2 fully saturated rings. The minimum Gasteiger partial charge on any atom is -0.466 e. The van der Waals surface area contributed by atoms with Crippen molar-refractivity contribution in [1.82, 2.24) is 5.32 Å². The van der Waals surface area contributed by atoms with E-state index in [4.69, 9.17) is 18.9 Å². The summed E-state index contributed by atoms with van der Waals surface area (Å²) in [7, 11) is 0. The van der Waals surface area contributed by atoms with Gasteiger partial charge in [0.05, 0.1) is 19.1 Å². The van der Waals surface area contributed by atoms with Crippen LogP contribution in [0.25, 0.3) is 0 Å². The zero-order chi connectivity index (χ0) is 24.3. The van der Waals surface area contributed by atoms with Gasteiger partial charge in [-0.25, -0.2) is 0 Å². The molecule has 0 aliphatic carbocycles. The average Bonchev–Trinajstić information content (AvgIpc) is 3.23. The van der Waals surface area contributed by atoms with Gasteiger partial charge in [0.2, 0.25) is 5.91 Å². The Morgan fingerprint density at radius 2 is 1.52 bits per heavy atom. The van der Waals surface area contributed by atoms with Crippen LogP contribution in [0.5, 0.6) is 0 Å². The molecule has 8 heteroatoms. The first kappa shape index (κ1) is 28.0. The highest BCUT2D eigenvalue weighted by atomic mass is 16.8. The smallest absolute Gasteiger partial charge is 0.306 e. The lowest BCUT2D eigenvalue weighted by atomic mass is 10.0.